The average Bonchev–Trinajstić information content (AvgIpc) is 2.86. The first-order valence-corrected chi connectivity index (χ1v) is 6.41. The van der Waals surface area contributed by atoms with Crippen LogP contribution in [-0.4, -0.2) is 38.9 Å². The van der Waals surface area contributed by atoms with Crippen molar-refractivity contribution < 1.29 is 4.79 Å². The summed E-state index contributed by atoms with van der Waals surface area (Å²) >= 11 is 0. The number of anilines is 1. The van der Waals surface area contributed by atoms with Gasteiger partial charge < -0.3 is 15.6 Å². The number of carbonyl (C=O) groups is 1. The predicted octanol–water partition coefficient (Wildman–Crippen LogP) is 0.445. The zero-order chi connectivity index (χ0) is 13.2. The molecule has 0 aliphatic carbocycles. The second-order valence-corrected chi connectivity index (χ2v) is 4.92. The van der Waals surface area contributed by atoms with Crippen LogP contribution in [0.3, 0.4) is 0 Å². The number of nitrogens with two attached hydrogens (primary N) is 1. The molecule has 19 heavy (non-hydrogen) atoms. The topological polar surface area (TPSA) is 101 Å². The minimum Gasteiger partial charge on any atom is -0.370 e. The fraction of sp³-hybridized carbons (Fsp3) is 0.500. The highest BCUT2D eigenvalue weighted by Gasteiger charge is 2.24. The molecule has 100 valence electrons. The van der Waals surface area contributed by atoms with Crippen molar-refractivity contribution in [3.63, 3.8) is 0 Å². The Balaban J connectivity index is 1.85. The second kappa shape index (κ2) is 4.83. The van der Waals surface area contributed by atoms with E-state index in [-0.39, 0.29) is 5.91 Å². The lowest BCUT2D eigenvalue weighted by Crippen LogP contribution is -2.37. The molecule has 7 heteroatoms. The van der Waals surface area contributed by atoms with Crippen molar-refractivity contribution in [3.8, 4) is 0 Å². The van der Waals surface area contributed by atoms with E-state index in [1.54, 1.807) is 6.33 Å². The molecule has 1 aliphatic heterocycles. The molecule has 1 saturated heterocycles. The van der Waals surface area contributed by atoms with Gasteiger partial charge in [0.15, 0.2) is 11.5 Å². The number of hydrogen-bond donors (Lipinski definition) is 2. The van der Waals surface area contributed by atoms with Crippen molar-refractivity contribution in [2.24, 2.45) is 11.7 Å². The first-order valence-electron chi connectivity index (χ1n) is 6.41. The zero-order valence-electron chi connectivity index (χ0n) is 10.5. The number of carbonyl (C=O) groups excluding carboxylic acids is 1. The smallest absolute Gasteiger partial charge is 0.217 e. The quantitative estimate of drug-likeness (QED) is 0.834. The first-order chi connectivity index (χ1) is 9.24. The lowest BCUT2D eigenvalue weighted by atomic mass is 9.94. The van der Waals surface area contributed by atoms with Gasteiger partial charge in [-0.15, -0.1) is 0 Å². The van der Waals surface area contributed by atoms with Crippen LogP contribution in [0.5, 0.6) is 0 Å². The van der Waals surface area contributed by atoms with Gasteiger partial charge in [0.25, 0.3) is 0 Å². The Morgan fingerprint density at radius 3 is 3.21 bits per heavy atom. The monoisotopic (exact) mass is 260 g/mol. The Kier molecular flexibility index (Phi) is 3.02. The molecule has 1 unspecified atom stereocenters. The van der Waals surface area contributed by atoms with Crippen molar-refractivity contribution in [1.82, 2.24) is 19.9 Å². The van der Waals surface area contributed by atoms with Crippen LogP contribution in [0.4, 0.5) is 5.82 Å². The molecule has 1 amide bonds. The molecule has 1 atom stereocenters. The van der Waals surface area contributed by atoms with E-state index in [0.29, 0.717) is 18.0 Å². The molecule has 7 nitrogen and oxygen atoms in total. The van der Waals surface area contributed by atoms with Gasteiger partial charge in [0.2, 0.25) is 5.91 Å². The molecule has 0 bridgehead atoms. The number of piperidine rings is 1. The van der Waals surface area contributed by atoms with Crippen molar-refractivity contribution in [2.45, 2.75) is 19.3 Å². The standard InChI is InChI=1S/C12H16N6O/c13-9(19)4-8-2-1-3-18(5-8)12-10-11(15-6-14-10)16-7-17-12/h6-8H,1-5H2,(H2,13,19)(H,14,15,16,17). The Hall–Kier alpha value is -2.18. The Morgan fingerprint density at radius 1 is 1.47 bits per heavy atom. The van der Waals surface area contributed by atoms with Crippen molar-refractivity contribution in [2.75, 3.05) is 18.0 Å². The van der Waals surface area contributed by atoms with Gasteiger partial charge in [-0.25, -0.2) is 15.0 Å². The second-order valence-electron chi connectivity index (χ2n) is 4.92. The molecule has 0 spiro atoms. The number of imidazole rings is 1. The van der Waals surface area contributed by atoms with E-state index in [9.17, 15) is 4.79 Å². The maximum absolute atomic E-state index is 11.0. The van der Waals surface area contributed by atoms with Gasteiger partial charge >= 0.3 is 0 Å². The fourth-order valence-corrected chi connectivity index (χ4v) is 2.70. The van der Waals surface area contributed by atoms with Crippen LogP contribution in [-0.2, 0) is 4.79 Å². The number of fused-ring (bicyclic) bond motifs is 1. The molecule has 1 aliphatic rings. The number of aromatic amines is 1. The largest absolute Gasteiger partial charge is 0.370 e. The lowest BCUT2D eigenvalue weighted by Gasteiger charge is -2.33. The summed E-state index contributed by atoms with van der Waals surface area (Å²) in [7, 11) is 0. The number of amides is 1. The Labute approximate surface area is 110 Å². The zero-order valence-corrected chi connectivity index (χ0v) is 10.5. The summed E-state index contributed by atoms with van der Waals surface area (Å²) in [5.74, 6) is 0.928. The van der Waals surface area contributed by atoms with Crippen LogP contribution < -0.4 is 10.6 Å². The predicted molar refractivity (Wildman–Crippen MR) is 70.4 cm³/mol. The SMILES string of the molecule is NC(=O)CC1CCCN(c2ncnc3nc[nH]c23)C1. The van der Waals surface area contributed by atoms with Gasteiger partial charge in [-0.2, -0.15) is 0 Å². The summed E-state index contributed by atoms with van der Waals surface area (Å²) in [6.07, 6.45) is 5.66. The minimum absolute atomic E-state index is 0.235. The van der Waals surface area contributed by atoms with E-state index in [4.69, 9.17) is 5.73 Å². The molecule has 3 heterocycles. The normalized spacial score (nSPS) is 19.8. The van der Waals surface area contributed by atoms with Gasteiger partial charge in [-0.1, -0.05) is 0 Å². The molecule has 0 saturated carbocycles. The molecule has 3 rings (SSSR count). The third-order valence-corrected chi connectivity index (χ3v) is 3.51. The highest BCUT2D eigenvalue weighted by Crippen LogP contribution is 2.26. The Bertz CT molecular complexity index is 595. The van der Waals surface area contributed by atoms with E-state index in [1.807, 2.05) is 0 Å². The third kappa shape index (κ3) is 2.35. The maximum Gasteiger partial charge on any atom is 0.217 e. The summed E-state index contributed by atoms with van der Waals surface area (Å²) in [5, 5.41) is 0. The summed E-state index contributed by atoms with van der Waals surface area (Å²) in [6.45, 7) is 1.73. The Morgan fingerprint density at radius 2 is 2.37 bits per heavy atom. The highest BCUT2D eigenvalue weighted by molar-refractivity contribution is 5.82. The summed E-state index contributed by atoms with van der Waals surface area (Å²) in [6, 6.07) is 0. The average molecular weight is 260 g/mol. The fourth-order valence-electron chi connectivity index (χ4n) is 2.70. The number of aromatic nitrogens is 4. The molecule has 3 N–H and O–H groups in total. The number of primary amides is 1. The van der Waals surface area contributed by atoms with E-state index in [0.717, 1.165) is 37.3 Å². The van der Waals surface area contributed by atoms with Crippen LogP contribution in [0, 0.1) is 5.92 Å². The number of nitrogens with zero attached hydrogens (tertiary/aromatic N) is 4. The number of nitrogens with one attached hydrogen (secondary N) is 1. The van der Waals surface area contributed by atoms with E-state index >= 15 is 0 Å². The summed E-state index contributed by atoms with van der Waals surface area (Å²) in [4.78, 5) is 28.9. The van der Waals surface area contributed by atoms with Crippen molar-refractivity contribution in [1.29, 1.82) is 0 Å². The van der Waals surface area contributed by atoms with Crippen LogP contribution >= 0.6 is 0 Å². The molecular formula is C12H16N6O. The lowest BCUT2D eigenvalue weighted by molar-refractivity contribution is -0.118. The number of rotatable bonds is 3. The van der Waals surface area contributed by atoms with Crippen LogP contribution in [0.15, 0.2) is 12.7 Å². The molecule has 1 fully saturated rings. The molecule has 2 aromatic heterocycles. The van der Waals surface area contributed by atoms with Gasteiger partial charge in [0.1, 0.15) is 11.8 Å². The van der Waals surface area contributed by atoms with Crippen LogP contribution in [0.1, 0.15) is 19.3 Å². The molecule has 2 aromatic rings. The minimum atomic E-state index is -0.235. The maximum atomic E-state index is 11.0. The molecule has 0 radical (unpaired) electrons. The van der Waals surface area contributed by atoms with Crippen LogP contribution in [0.25, 0.3) is 11.2 Å². The first kappa shape index (κ1) is 11.9. The van der Waals surface area contributed by atoms with Gasteiger partial charge in [0.05, 0.1) is 6.33 Å². The summed E-state index contributed by atoms with van der Waals surface area (Å²) in [5.41, 5.74) is 6.80. The van der Waals surface area contributed by atoms with Crippen molar-refractivity contribution >= 4 is 22.9 Å². The third-order valence-electron chi connectivity index (χ3n) is 3.51. The highest BCUT2D eigenvalue weighted by atomic mass is 16.1. The van der Waals surface area contributed by atoms with E-state index < -0.39 is 0 Å². The van der Waals surface area contributed by atoms with Crippen molar-refractivity contribution in [3.05, 3.63) is 12.7 Å². The van der Waals surface area contributed by atoms with Gasteiger partial charge in [-0.05, 0) is 18.8 Å². The molecular weight excluding hydrogens is 244 g/mol. The van der Waals surface area contributed by atoms with E-state index in [2.05, 4.69) is 24.8 Å². The van der Waals surface area contributed by atoms with Gasteiger partial charge in [0, 0.05) is 19.5 Å². The number of hydrogen-bond acceptors (Lipinski definition) is 5. The van der Waals surface area contributed by atoms with E-state index in [1.165, 1.54) is 6.33 Å². The summed E-state index contributed by atoms with van der Waals surface area (Å²) < 4.78 is 0. The van der Waals surface area contributed by atoms with Crippen LogP contribution in [0.2, 0.25) is 0 Å². The van der Waals surface area contributed by atoms with Gasteiger partial charge in [-0.3, -0.25) is 4.79 Å². The number of H-pyrrole nitrogens is 1. The molecule has 0 aromatic carbocycles.